The van der Waals surface area contributed by atoms with Crippen LogP contribution in [0.25, 0.3) is 0 Å². The molecule has 0 fully saturated rings. The van der Waals surface area contributed by atoms with Crippen molar-refractivity contribution < 1.29 is 28.1 Å². The third-order valence-corrected chi connectivity index (χ3v) is 2.18. The molecule has 0 heterocycles. The summed E-state index contributed by atoms with van der Waals surface area (Å²) in [6.45, 7) is 0. The third kappa shape index (κ3) is 4.41. The Morgan fingerprint density at radius 2 is 1.65 bits per heavy atom. The Morgan fingerprint density at radius 3 is 2.06 bits per heavy atom. The molecule has 1 aromatic carbocycles. The standard InChI is InChI=1S/C10H10ClF3O3/c11-6-5-9(15,16)7-1-3-8(4-2-7)17-10(12,13)14/h1-4,15-16H,5-6H2. The number of benzene rings is 1. The maximum atomic E-state index is 11.9. The average molecular weight is 271 g/mol. The Kier molecular flexibility index (Phi) is 4.24. The Bertz CT molecular complexity index is 362. The van der Waals surface area contributed by atoms with Crippen LogP contribution < -0.4 is 4.74 Å². The Balaban J connectivity index is 2.81. The lowest BCUT2D eigenvalue weighted by Gasteiger charge is -2.21. The second-order valence-electron chi connectivity index (χ2n) is 3.33. The summed E-state index contributed by atoms with van der Waals surface area (Å²) in [7, 11) is 0. The van der Waals surface area contributed by atoms with E-state index >= 15 is 0 Å². The fourth-order valence-corrected chi connectivity index (χ4v) is 1.46. The number of hydrogen-bond acceptors (Lipinski definition) is 3. The molecule has 2 N–H and O–H groups in total. The maximum absolute atomic E-state index is 11.9. The van der Waals surface area contributed by atoms with Crippen LogP contribution in [-0.2, 0) is 5.79 Å². The molecule has 0 aliphatic carbocycles. The largest absolute Gasteiger partial charge is 0.573 e. The van der Waals surface area contributed by atoms with Gasteiger partial charge in [0.1, 0.15) is 5.75 Å². The molecule has 0 saturated heterocycles. The van der Waals surface area contributed by atoms with Gasteiger partial charge in [-0.15, -0.1) is 24.8 Å². The molecule has 0 unspecified atom stereocenters. The van der Waals surface area contributed by atoms with Crippen LogP contribution in [0.4, 0.5) is 13.2 Å². The summed E-state index contributed by atoms with van der Waals surface area (Å²) in [4.78, 5) is 0. The van der Waals surface area contributed by atoms with Crippen LogP contribution in [-0.4, -0.2) is 22.5 Å². The summed E-state index contributed by atoms with van der Waals surface area (Å²) in [5.41, 5.74) is 0.0488. The van der Waals surface area contributed by atoms with Crippen molar-refractivity contribution in [1.29, 1.82) is 0 Å². The molecule has 0 radical (unpaired) electrons. The predicted octanol–water partition coefficient (Wildman–Crippen LogP) is 2.35. The van der Waals surface area contributed by atoms with E-state index in [1.807, 2.05) is 0 Å². The molecule has 96 valence electrons. The summed E-state index contributed by atoms with van der Waals surface area (Å²) in [6, 6.07) is 4.26. The van der Waals surface area contributed by atoms with Crippen molar-refractivity contribution in [3.63, 3.8) is 0 Å². The lowest BCUT2D eigenvalue weighted by atomic mass is 10.0. The quantitative estimate of drug-likeness (QED) is 0.652. The first-order valence-corrected chi connectivity index (χ1v) is 5.15. The van der Waals surface area contributed by atoms with E-state index in [1.165, 1.54) is 0 Å². The highest BCUT2D eigenvalue weighted by molar-refractivity contribution is 6.17. The molecule has 0 saturated carbocycles. The Morgan fingerprint density at radius 1 is 1.12 bits per heavy atom. The van der Waals surface area contributed by atoms with Gasteiger partial charge < -0.3 is 14.9 Å². The first-order valence-electron chi connectivity index (χ1n) is 4.61. The smallest absolute Gasteiger partial charge is 0.406 e. The van der Waals surface area contributed by atoms with Gasteiger partial charge in [-0.2, -0.15) is 0 Å². The topological polar surface area (TPSA) is 49.7 Å². The highest BCUT2D eigenvalue weighted by Crippen LogP contribution is 2.27. The first-order chi connectivity index (χ1) is 7.74. The van der Waals surface area contributed by atoms with Gasteiger partial charge in [0.2, 0.25) is 0 Å². The van der Waals surface area contributed by atoms with Crippen LogP contribution >= 0.6 is 11.6 Å². The summed E-state index contributed by atoms with van der Waals surface area (Å²) < 4.78 is 39.2. The second-order valence-corrected chi connectivity index (χ2v) is 3.71. The third-order valence-electron chi connectivity index (χ3n) is 1.99. The Hall–Kier alpha value is -0.980. The van der Waals surface area contributed by atoms with Crippen molar-refractivity contribution in [1.82, 2.24) is 0 Å². The Labute approximate surface area is 100 Å². The highest BCUT2D eigenvalue weighted by Gasteiger charge is 2.31. The van der Waals surface area contributed by atoms with E-state index in [1.54, 1.807) is 0 Å². The van der Waals surface area contributed by atoms with E-state index in [4.69, 9.17) is 11.6 Å². The van der Waals surface area contributed by atoms with Crippen molar-refractivity contribution in [3.8, 4) is 5.75 Å². The van der Waals surface area contributed by atoms with Crippen LogP contribution in [0.3, 0.4) is 0 Å². The molecule has 17 heavy (non-hydrogen) atoms. The molecule has 7 heteroatoms. The number of aliphatic hydroxyl groups is 2. The minimum absolute atomic E-state index is 0.00774. The van der Waals surface area contributed by atoms with E-state index in [9.17, 15) is 23.4 Å². The molecular formula is C10H10ClF3O3. The molecule has 0 bridgehead atoms. The number of ether oxygens (including phenoxy) is 1. The van der Waals surface area contributed by atoms with E-state index in [-0.39, 0.29) is 17.9 Å². The SMILES string of the molecule is OC(O)(CCCl)c1ccc(OC(F)(F)F)cc1. The van der Waals surface area contributed by atoms with Gasteiger partial charge in [0, 0.05) is 17.9 Å². The monoisotopic (exact) mass is 270 g/mol. The molecule has 1 rings (SSSR count). The van der Waals surface area contributed by atoms with Crippen LogP contribution in [0, 0.1) is 0 Å². The van der Waals surface area contributed by atoms with Crippen LogP contribution in [0.15, 0.2) is 24.3 Å². The number of halogens is 4. The molecular weight excluding hydrogens is 261 g/mol. The predicted molar refractivity (Wildman–Crippen MR) is 54.6 cm³/mol. The van der Waals surface area contributed by atoms with Crippen molar-refractivity contribution in [2.24, 2.45) is 0 Å². The van der Waals surface area contributed by atoms with Gasteiger partial charge in [-0.1, -0.05) is 0 Å². The van der Waals surface area contributed by atoms with Gasteiger partial charge in [-0.05, 0) is 24.3 Å². The van der Waals surface area contributed by atoms with Crippen molar-refractivity contribution in [2.45, 2.75) is 18.6 Å². The summed E-state index contributed by atoms with van der Waals surface area (Å²) in [6.07, 6.45) is -4.90. The summed E-state index contributed by atoms with van der Waals surface area (Å²) in [5, 5.41) is 19.0. The molecule has 0 aliphatic heterocycles. The van der Waals surface area contributed by atoms with Gasteiger partial charge in [0.15, 0.2) is 5.79 Å². The molecule has 0 amide bonds. The van der Waals surface area contributed by atoms with Crippen molar-refractivity contribution in [2.75, 3.05) is 5.88 Å². The van der Waals surface area contributed by atoms with E-state index in [2.05, 4.69) is 4.74 Å². The zero-order valence-corrected chi connectivity index (χ0v) is 9.29. The summed E-state index contributed by atoms with van der Waals surface area (Å²) in [5.74, 6) is -2.57. The van der Waals surface area contributed by atoms with Crippen molar-refractivity contribution in [3.05, 3.63) is 29.8 Å². The van der Waals surface area contributed by atoms with Crippen LogP contribution in [0.5, 0.6) is 5.75 Å². The molecule has 0 aromatic heterocycles. The van der Waals surface area contributed by atoms with Crippen LogP contribution in [0.1, 0.15) is 12.0 Å². The minimum atomic E-state index is -4.77. The molecule has 1 aromatic rings. The fourth-order valence-electron chi connectivity index (χ4n) is 1.20. The average Bonchev–Trinajstić information content (AvgIpc) is 2.15. The summed E-state index contributed by atoms with van der Waals surface area (Å²) >= 11 is 5.36. The van der Waals surface area contributed by atoms with E-state index < -0.39 is 17.9 Å². The molecule has 0 atom stereocenters. The fraction of sp³-hybridized carbons (Fsp3) is 0.400. The second kappa shape index (κ2) is 5.12. The van der Waals surface area contributed by atoms with Gasteiger partial charge in [-0.3, -0.25) is 0 Å². The van der Waals surface area contributed by atoms with Crippen molar-refractivity contribution >= 4 is 11.6 Å². The minimum Gasteiger partial charge on any atom is -0.406 e. The lowest BCUT2D eigenvalue weighted by Crippen LogP contribution is -2.25. The number of alkyl halides is 4. The van der Waals surface area contributed by atoms with E-state index in [0.29, 0.717) is 0 Å². The number of hydrogen-bond donors (Lipinski definition) is 2. The molecule has 0 spiro atoms. The molecule has 3 nitrogen and oxygen atoms in total. The first kappa shape index (κ1) is 14.1. The lowest BCUT2D eigenvalue weighted by molar-refractivity contribution is -0.274. The highest BCUT2D eigenvalue weighted by atomic mass is 35.5. The van der Waals surface area contributed by atoms with Gasteiger partial charge in [-0.25, -0.2) is 0 Å². The zero-order chi connectivity index (χ0) is 13.1. The van der Waals surface area contributed by atoms with Crippen LogP contribution in [0.2, 0.25) is 0 Å². The zero-order valence-electron chi connectivity index (χ0n) is 8.54. The van der Waals surface area contributed by atoms with E-state index in [0.717, 1.165) is 24.3 Å². The maximum Gasteiger partial charge on any atom is 0.573 e. The van der Waals surface area contributed by atoms with Gasteiger partial charge >= 0.3 is 6.36 Å². The normalized spacial score (nSPS) is 12.6. The van der Waals surface area contributed by atoms with Gasteiger partial charge in [0.25, 0.3) is 0 Å². The van der Waals surface area contributed by atoms with Gasteiger partial charge in [0.05, 0.1) is 0 Å². The molecule has 0 aliphatic rings. The number of rotatable bonds is 4.